The number of allylic oxidation sites excluding steroid dienone is 2. The van der Waals surface area contributed by atoms with E-state index < -0.39 is 0 Å². The van der Waals surface area contributed by atoms with Gasteiger partial charge in [0.1, 0.15) is 0 Å². The minimum absolute atomic E-state index is 0.0361. The molecule has 0 saturated carbocycles. The lowest BCUT2D eigenvalue weighted by Gasteiger charge is -2.36. The molecule has 7 atom stereocenters. The van der Waals surface area contributed by atoms with Gasteiger partial charge < -0.3 is 10.3 Å². The third kappa shape index (κ3) is 2.54. The van der Waals surface area contributed by atoms with E-state index in [9.17, 15) is 4.79 Å². The van der Waals surface area contributed by atoms with Crippen molar-refractivity contribution in [3.8, 4) is 0 Å². The quantitative estimate of drug-likeness (QED) is 0.818. The molecular formula is C20H25N5O. The van der Waals surface area contributed by atoms with Crippen molar-refractivity contribution in [3.05, 3.63) is 24.3 Å². The largest absolute Gasteiger partial charge is 0.327 e. The van der Waals surface area contributed by atoms with Crippen LogP contribution in [-0.4, -0.2) is 60.2 Å². The Bertz CT molecular complexity index is 751. The zero-order chi connectivity index (χ0) is 17.7. The fraction of sp³-hybridized carbons (Fsp3) is 0.600. The van der Waals surface area contributed by atoms with E-state index in [1.807, 2.05) is 11.1 Å². The molecule has 5 aliphatic rings. The summed E-state index contributed by atoms with van der Waals surface area (Å²) >= 11 is 0. The molecule has 0 spiro atoms. The topological polar surface area (TPSA) is 69.4 Å². The standard InChI is InChI=1S/C20H25N5O/c1-12-6-17(14-7-13-4-2-3-5-16(13)21-8-14)24-18-11-25(20(26)19(12)18)15-9-22-23-10-15/h2-5,8-9,12-17,19,23H,6-7,10-11H2,1H3. The van der Waals surface area contributed by atoms with Crippen LogP contribution in [0.3, 0.4) is 0 Å². The van der Waals surface area contributed by atoms with E-state index in [0.29, 0.717) is 36.9 Å². The first-order chi connectivity index (χ1) is 12.7. The van der Waals surface area contributed by atoms with Gasteiger partial charge >= 0.3 is 0 Å². The lowest BCUT2D eigenvalue weighted by Crippen LogP contribution is -2.42. The number of hydrogen-bond acceptors (Lipinski definition) is 5. The van der Waals surface area contributed by atoms with Crippen molar-refractivity contribution in [1.29, 1.82) is 0 Å². The molecule has 6 nitrogen and oxygen atoms in total. The number of amides is 1. The van der Waals surface area contributed by atoms with Crippen LogP contribution < -0.4 is 5.43 Å². The summed E-state index contributed by atoms with van der Waals surface area (Å²) < 4.78 is 0. The third-order valence-electron chi connectivity index (χ3n) is 6.50. The van der Waals surface area contributed by atoms with Gasteiger partial charge in [0.05, 0.1) is 37.1 Å². The minimum Gasteiger partial charge on any atom is -0.327 e. The van der Waals surface area contributed by atoms with Crippen molar-refractivity contribution in [2.75, 3.05) is 13.1 Å². The number of hydrazone groups is 1. The first-order valence-electron chi connectivity index (χ1n) is 9.72. The number of carbonyl (C=O) groups excluding carboxylic acids is 1. The Morgan fingerprint density at radius 2 is 2.04 bits per heavy atom. The highest BCUT2D eigenvalue weighted by Gasteiger charge is 2.47. The summed E-state index contributed by atoms with van der Waals surface area (Å²) in [5, 5.41) is 4.07. The summed E-state index contributed by atoms with van der Waals surface area (Å²) in [4.78, 5) is 24.7. The zero-order valence-electron chi connectivity index (χ0n) is 15.0. The number of aliphatic imine (C=N–C) groups is 2. The summed E-state index contributed by atoms with van der Waals surface area (Å²) in [5.74, 6) is 1.40. The summed E-state index contributed by atoms with van der Waals surface area (Å²) in [5.41, 5.74) is 4.03. The highest BCUT2D eigenvalue weighted by Crippen LogP contribution is 2.38. The van der Waals surface area contributed by atoms with Crippen molar-refractivity contribution in [1.82, 2.24) is 10.3 Å². The highest BCUT2D eigenvalue weighted by molar-refractivity contribution is 6.12. The smallest absolute Gasteiger partial charge is 0.232 e. The van der Waals surface area contributed by atoms with Gasteiger partial charge in [-0.25, -0.2) is 0 Å². The van der Waals surface area contributed by atoms with Crippen molar-refractivity contribution in [2.45, 2.75) is 37.9 Å². The average molecular weight is 351 g/mol. The fourth-order valence-electron chi connectivity index (χ4n) is 5.09. The molecule has 0 aromatic heterocycles. The molecule has 26 heavy (non-hydrogen) atoms. The van der Waals surface area contributed by atoms with E-state index in [1.165, 1.54) is 0 Å². The predicted octanol–water partition coefficient (Wildman–Crippen LogP) is 1.45. The molecule has 5 rings (SSSR count). The summed E-state index contributed by atoms with van der Waals surface area (Å²) in [6, 6.07) is 0.622. The summed E-state index contributed by atoms with van der Waals surface area (Å²) in [7, 11) is 0. The van der Waals surface area contributed by atoms with Gasteiger partial charge in [0.2, 0.25) is 5.91 Å². The van der Waals surface area contributed by atoms with Gasteiger partial charge in [0.15, 0.2) is 0 Å². The molecule has 1 aliphatic carbocycles. The molecular weight excluding hydrogens is 326 g/mol. The van der Waals surface area contributed by atoms with Crippen LogP contribution in [0.1, 0.15) is 19.8 Å². The van der Waals surface area contributed by atoms with Gasteiger partial charge in [-0.15, -0.1) is 0 Å². The maximum Gasteiger partial charge on any atom is 0.232 e. The Labute approximate surface area is 153 Å². The fourth-order valence-corrected chi connectivity index (χ4v) is 5.09. The average Bonchev–Trinajstić information content (AvgIpc) is 3.29. The van der Waals surface area contributed by atoms with Crippen LogP contribution in [0.15, 0.2) is 39.4 Å². The van der Waals surface area contributed by atoms with E-state index in [1.54, 1.807) is 0 Å². The van der Waals surface area contributed by atoms with Crippen molar-refractivity contribution in [2.24, 2.45) is 38.8 Å². The lowest BCUT2D eigenvalue weighted by atomic mass is 9.75. The second kappa shape index (κ2) is 6.18. The molecule has 6 heteroatoms. The number of likely N-dealkylation sites (tertiary alicyclic amines) is 1. The molecule has 136 valence electrons. The summed E-state index contributed by atoms with van der Waals surface area (Å²) in [6.07, 6.45) is 14.7. The first-order valence-corrected chi connectivity index (χ1v) is 9.72. The SMILES string of the molecule is CC1CC(C2C=NC3C=CC=CC3C2)N=C2CN(C3C=NNC3)C(=O)C21. The Morgan fingerprint density at radius 1 is 1.15 bits per heavy atom. The van der Waals surface area contributed by atoms with Gasteiger partial charge in [-0.3, -0.25) is 14.8 Å². The highest BCUT2D eigenvalue weighted by atomic mass is 16.2. The van der Waals surface area contributed by atoms with E-state index in [2.05, 4.69) is 48.0 Å². The van der Waals surface area contributed by atoms with Crippen LogP contribution >= 0.6 is 0 Å². The van der Waals surface area contributed by atoms with Gasteiger partial charge in [-0.05, 0) is 18.8 Å². The molecule has 1 saturated heterocycles. The number of rotatable bonds is 2. The second-order valence-electron chi connectivity index (χ2n) is 8.17. The molecule has 1 N–H and O–H groups in total. The number of fused-ring (bicyclic) bond motifs is 2. The number of carbonyl (C=O) groups is 1. The molecule has 0 aromatic carbocycles. The van der Waals surface area contributed by atoms with Gasteiger partial charge in [-0.2, -0.15) is 5.10 Å². The molecule has 0 aromatic rings. The zero-order valence-corrected chi connectivity index (χ0v) is 15.0. The normalized spacial score (nSPS) is 43.3. The van der Waals surface area contributed by atoms with E-state index in [4.69, 9.17) is 9.98 Å². The van der Waals surface area contributed by atoms with Crippen molar-refractivity contribution < 1.29 is 4.79 Å². The Balaban J connectivity index is 1.37. The van der Waals surface area contributed by atoms with Crippen LogP contribution in [0.25, 0.3) is 0 Å². The molecule has 1 fully saturated rings. The van der Waals surface area contributed by atoms with Crippen LogP contribution in [0, 0.1) is 23.7 Å². The van der Waals surface area contributed by atoms with E-state index >= 15 is 0 Å². The van der Waals surface area contributed by atoms with Crippen LogP contribution in [-0.2, 0) is 4.79 Å². The maximum atomic E-state index is 12.9. The number of nitrogens with zero attached hydrogens (tertiary/aromatic N) is 4. The van der Waals surface area contributed by atoms with Crippen LogP contribution in [0.2, 0.25) is 0 Å². The monoisotopic (exact) mass is 351 g/mol. The first kappa shape index (κ1) is 16.0. The molecule has 4 aliphatic heterocycles. The molecule has 7 unspecified atom stereocenters. The van der Waals surface area contributed by atoms with Crippen molar-refractivity contribution >= 4 is 24.0 Å². The summed E-state index contributed by atoms with van der Waals surface area (Å²) in [6.45, 7) is 3.57. The van der Waals surface area contributed by atoms with E-state index in [0.717, 1.165) is 18.6 Å². The Hall–Kier alpha value is -2.24. The predicted molar refractivity (Wildman–Crippen MR) is 103 cm³/mol. The minimum atomic E-state index is -0.0361. The molecule has 0 bridgehead atoms. The van der Waals surface area contributed by atoms with Crippen LogP contribution in [0.4, 0.5) is 0 Å². The Morgan fingerprint density at radius 3 is 2.88 bits per heavy atom. The number of nitrogens with one attached hydrogen (secondary N) is 1. The molecule has 0 radical (unpaired) electrons. The second-order valence-corrected chi connectivity index (χ2v) is 8.17. The van der Waals surface area contributed by atoms with Gasteiger partial charge in [-0.1, -0.05) is 31.2 Å². The van der Waals surface area contributed by atoms with Gasteiger partial charge in [0, 0.05) is 30.0 Å². The maximum absolute atomic E-state index is 12.9. The third-order valence-corrected chi connectivity index (χ3v) is 6.50. The molecule has 4 heterocycles. The van der Waals surface area contributed by atoms with Gasteiger partial charge in [0.25, 0.3) is 0 Å². The molecule has 1 amide bonds. The lowest BCUT2D eigenvalue weighted by molar-refractivity contribution is -0.132. The van der Waals surface area contributed by atoms with Crippen molar-refractivity contribution in [3.63, 3.8) is 0 Å². The van der Waals surface area contributed by atoms with E-state index in [-0.39, 0.29) is 23.9 Å². The van der Waals surface area contributed by atoms with Crippen LogP contribution in [0.5, 0.6) is 0 Å². The number of hydrogen-bond donors (Lipinski definition) is 1. The Kier molecular flexibility index (Phi) is 3.80.